The predicted molar refractivity (Wildman–Crippen MR) is 85.2 cm³/mol. The fourth-order valence-electron chi connectivity index (χ4n) is 2.22. The molecule has 0 aliphatic heterocycles. The molecule has 0 heterocycles. The minimum absolute atomic E-state index is 0.205. The standard InChI is InChI=1S/C18H18N2O2/c1-13(21)10-11-20-18(22)17-9-5-4-8-16(17)15-7-3-2-6-14(15)12-19/h2-9,13,21H,10-11H2,1H3,(H,20,22). The highest BCUT2D eigenvalue weighted by Crippen LogP contribution is 2.26. The Morgan fingerprint density at radius 2 is 1.82 bits per heavy atom. The van der Waals surface area contributed by atoms with Gasteiger partial charge in [-0.15, -0.1) is 0 Å². The summed E-state index contributed by atoms with van der Waals surface area (Å²) in [6, 6.07) is 16.6. The number of carbonyl (C=O) groups is 1. The molecule has 0 radical (unpaired) electrons. The SMILES string of the molecule is CC(O)CCNC(=O)c1ccccc1-c1ccccc1C#N. The van der Waals surface area contributed by atoms with E-state index in [0.717, 1.165) is 11.1 Å². The van der Waals surface area contributed by atoms with Crippen molar-refractivity contribution in [2.75, 3.05) is 6.54 Å². The van der Waals surface area contributed by atoms with Crippen molar-refractivity contribution in [3.8, 4) is 17.2 Å². The van der Waals surface area contributed by atoms with Gasteiger partial charge in [0.05, 0.1) is 17.7 Å². The van der Waals surface area contributed by atoms with Crippen molar-refractivity contribution in [2.24, 2.45) is 0 Å². The van der Waals surface area contributed by atoms with E-state index in [0.29, 0.717) is 24.1 Å². The summed E-state index contributed by atoms with van der Waals surface area (Å²) in [7, 11) is 0. The summed E-state index contributed by atoms with van der Waals surface area (Å²) in [4.78, 5) is 12.3. The Hall–Kier alpha value is -2.64. The maximum absolute atomic E-state index is 12.3. The molecule has 0 saturated heterocycles. The van der Waals surface area contributed by atoms with Crippen LogP contribution in [-0.2, 0) is 0 Å². The van der Waals surface area contributed by atoms with Crippen LogP contribution < -0.4 is 5.32 Å². The lowest BCUT2D eigenvalue weighted by Gasteiger charge is -2.12. The summed E-state index contributed by atoms with van der Waals surface area (Å²) in [6.07, 6.45) is 0.0535. The molecule has 1 unspecified atom stereocenters. The van der Waals surface area contributed by atoms with Gasteiger partial charge in [0.1, 0.15) is 0 Å². The van der Waals surface area contributed by atoms with Crippen molar-refractivity contribution in [2.45, 2.75) is 19.4 Å². The van der Waals surface area contributed by atoms with Crippen LogP contribution >= 0.6 is 0 Å². The molecule has 4 nitrogen and oxygen atoms in total. The van der Waals surface area contributed by atoms with E-state index in [1.54, 1.807) is 31.2 Å². The zero-order chi connectivity index (χ0) is 15.9. The van der Waals surface area contributed by atoms with Crippen molar-refractivity contribution < 1.29 is 9.90 Å². The zero-order valence-corrected chi connectivity index (χ0v) is 12.4. The number of carbonyl (C=O) groups excluding carboxylic acids is 1. The lowest BCUT2D eigenvalue weighted by Crippen LogP contribution is -2.27. The van der Waals surface area contributed by atoms with Gasteiger partial charge in [0, 0.05) is 17.7 Å². The second-order valence-corrected chi connectivity index (χ2v) is 5.10. The Bertz CT molecular complexity index is 702. The number of rotatable bonds is 5. The first-order valence-corrected chi connectivity index (χ1v) is 7.18. The number of hydrogen-bond donors (Lipinski definition) is 2. The molecule has 22 heavy (non-hydrogen) atoms. The van der Waals surface area contributed by atoms with E-state index in [1.165, 1.54) is 0 Å². The number of benzene rings is 2. The van der Waals surface area contributed by atoms with Crippen LogP contribution in [0.1, 0.15) is 29.3 Å². The first kappa shape index (κ1) is 15.7. The van der Waals surface area contributed by atoms with E-state index in [9.17, 15) is 15.2 Å². The fourth-order valence-corrected chi connectivity index (χ4v) is 2.22. The van der Waals surface area contributed by atoms with Gasteiger partial charge >= 0.3 is 0 Å². The summed E-state index contributed by atoms with van der Waals surface area (Å²) >= 11 is 0. The minimum Gasteiger partial charge on any atom is -0.393 e. The van der Waals surface area contributed by atoms with E-state index in [1.807, 2.05) is 24.3 Å². The summed E-state index contributed by atoms with van der Waals surface area (Å²) in [5.74, 6) is -0.205. The lowest BCUT2D eigenvalue weighted by molar-refractivity contribution is 0.0946. The second-order valence-electron chi connectivity index (χ2n) is 5.10. The number of nitrogens with one attached hydrogen (secondary N) is 1. The molecule has 0 aromatic heterocycles. The van der Waals surface area contributed by atoms with Gasteiger partial charge < -0.3 is 10.4 Å². The van der Waals surface area contributed by atoms with Crippen LogP contribution in [0, 0.1) is 11.3 Å². The molecule has 0 saturated carbocycles. The normalized spacial score (nSPS) is 11.5. The quantitative estimate of drug-likeness (QED) is 0.890. The van der Waals surface area contributed by atoms with Gasteiger partial charge in [-0.2, -0.15) is 5.26 Å². The Balaban J connectivity index is 2.31. The van der Waals surface area contributed by atoms with E-state index in [2.05, 4.69) is 11.4 Å². The number of nitriles is 1. The maximum Gasteiger partial charge on any atom is 0.251 e. The van der Waals surface area contributed by atoms with E-state index in [4.69, 9.17) is 0 Å². The van der Waals surface area contributed by atoms with Crippen LogP contribution in [0.4, 0.5) is 0 Å². The van der Waals surface area contributed by atoms with Crippen molar-refractivity contribution in [1.29, 1.82) is 5.26 Å². The van der Waals surface area contributed by atoms with Crippen LogP contribution in [0.3, 0.4) is 0 Å². The molecule has 2 N–H and O–H groups in total. The number of hydrogen-bond acceptors (Lipinski definition) is 3. The monoisotopic (exact) mass is 294 g/mol. The number of aliphatic hydroxyl groups is 1. The third-order valence-electron chi connectivity index (χ3n) is 3.36. The number of aliphatic hydroxyl groups excluding tert-OH is 1. The largest absolute Gasteiger partial charge is 0.393 e. The highest BCUT2D eigenvalue weighted by atomic mass is 16.3. The van der Waals surface area contributed by atoms with Crippen LogP contribution in [0.2, 0.25) is 0 Å². The molecular weight excluding hydrogens is 276 g/mol. The average Bonchev–Trinajstić information content (AvgIpc) is 2.54. The molecule has 2 aromatic rings. The number of amides is 1. The second kappa shape index (κ2) is 7.39. The van der Waals surface area contributed by atoms with Crippen molar-refractivity contribution in [3.05, 3.63) is 59.7 Å². The maximum atomic E-state index is 12.3. The first-order valence-electron chi connectivity index (χ1n) is 7.18. The van der Waals surface area contributed by atoms with Gasteiger partial charge in [-0.05, 0) is 31.0 Å². The van der Waals surface area contributed by atoms with Crippen molar-refractivity contribution in [3.63, 3.8) is 0 Å². The molecule has 2 rings (SSSR count). The van der Waals surface area contributed by atoms with Crippen molar-refractivity contribution in [1.82, 2.24) is 5.32 Å². The minimum atomic E-state index is -0.449. The van der Waals surface area contributed by atoms with Crippen LogP contribution in [0.15, 0.2) is 48.5 Å². The lowest BCUT2D eigenvalue weighted by atomic mass is 9.95. The van der Waals surface area contributed by atoms with Crippen LogP contribution in [-0.4, -0.2) is 23.7 Å². The molecule has 0 aliphatic carbocycles. The smallest absolute Gasteiger partial charge is 0.251 e. The Morgan fingerprint density at radius 1 is 1.18 bits per heavy atom. The molecule has 1 atom stereocenters. The van der Waals surface area contributed by atoms with Gasteiger partial charge in [-0.1, -0.05) is 36.4 Å². The van der Waals surface area contributed by atoms with Gasteiger partial charge in [-0.3, -0.25) is 4.79 Å². The molecule has 0 fully saturated rings. The fraction of sp³-hybridized carbons (Fsp3) is 0.222. The molecule has 112 valence electrons. The van der Waals surface area contributed by atoms with Crippen LogP contribution in [0.5, 0.6) is 0 Å². The van der Waals surface area contributed by atoms with Gasteiger partial charge in [0.2, 0.25) is 0 Å². The summed E-state index contributed by atoms with van der Waals surface area (Å²) < 4.78 is 0. The van der Waals surface area contributed by atoms with Gasteiger partial charge in [-0.25, -0.2) is 0 Å². The molecule has 0 bridgehead atoms. The molecule has 1 amide bonds. The third-order valence-corrected chi connectivity index (χ3v) is 3.36. The van der Waals surface area contributed by atoms with E-state index in [-0.39, 0.29) is 5.91 Å². The van der Waals surface area contributed by atoms with Gasteiger partial charge in [0.15, 0.2) is 0 Å². The summed E-state index contributed by atoms with van der Waals surface area (Å²) in [6.45, 7) is 2.09. The third kappa shape index (κ3) is 3.72. The molecule has 0 aliphatic rings. The molecule has 0 spiro atoms. The van der Waals surface area contributed by atoms with Crippen molar-refractivity contribution >= 4 is 5.91 Å². The Labute approximate surface area is 130 Å². The number of nitrogens with zero attached hydrogens (tertiary/aromatic N) is 1. The average molecular weight is 294 g/mol. The molecule has 4 heteroatoms. The molecular formula is C18H18N2O2. The topological polar surface area (TPSA) is 73.1 Å². The highest BCUT2D eigenvalue weighted by Gasteiger charge is 2.14. The summed E-state index contributed by atoms with van der Waals surface area (Å²) in [5, 5.41) is 21.3. The Kier molecular flexibility index (Phi) is 5.29. The van der Waals surface area contributed by atoms with Crippen LogP contribution in [0.25, 0.3) is 11.1 Å². The zero-order valence-electron chi connectivity index (χ0n) is 12.4. The van der Waals surface area contributed by atoms with Gasteiger partial charge in [0.25, 0.3) is 5.91 Å². The van der Waals surface area contributed by atoms with E-state index < -0.39 is 6.10 Å². The Morgan fingerprint density at radius 3 is 2.50 bits per heavy atom. The molecule has 2 aromatic carbocycles. The van der Waals surface area contributed by atoms with E-state index >= 15 is 0 Å². The predicted octanol–water partition coefficient (Wildman–Crippen LogP) is 2.73. The summed E-state index contributed by atoms with van der Waals surface area (Å²) in [5.41, 5.74) is 2.53. The highest BCUT2D eigenvalue weighted by molar-refractivity contribution is 6.01. The first-order chi connectivity index (χ1) is 10.6.